The summed E-state index contributed by atoms with van der Waals surface area (Å²) in [4.78, 5) is 12.6. The molecule has 1 aromatic heterocycles. The zero-order valence-corrected chi connectivity index (χ0v) is 14.2. The third kappa shape index (κ3) is 3.37. The van der Waals surface area contributed by atoms with Crippen LogP contribution in [0.3, 0.4) is 0 Å². The maximum atomic E-state index is 12.6. The van der Waals surface area contributed by atoms with Crippen molar-refractivity contribution in [2.45, 2.75) is 57.9 Å². The van der Waals surface area contributed by atoms with Crippen molar-refractivity contribution in [2.75, 3.05) is 6.54 Å². The summed E-state index contributed by atoms with van der Waals surface area (Å²) in [6.07, 6.45) is 15.4. The van der Waals surface area contributed by atoms with Crippen molar-refractivity contribution in [3.05, 3.63) is 18.5 Å². The summed E-state index contributed by atoms with van der Waals surface area (Å²) >= 11 is 0. The van der Waals surface area contributed by atoms with Crippen LogP contribution in [0.4, 0.5) is 0 Å². The van der Waals surface area contributed by atoms with Crippen molar-refractivity contribution in [1.82, 2.24) is 25.5 Å². The average Bonchev–Trinajstić information content (AvgIpc) is 3.31. The smallest absolute Gasteiger partial charge is 0.220 e. The minimum Gasteiger partial charge on any atom is -0.356 e. The van der Waals surface area contributed by atoms with Crippen LogP contribution in [-0.4, -0.2) is 32.7 Å². The molecule has 1 N–H and O–H groups in total. The quantitative estimate of drug-likeness (QED) is 0.813. The molecule has 1 amide bonds. The Kier molecular flexibility index (Phi) is 4.37. The van der Waals surface area contributed by atoms with Gasteiger partial charge in [0.05, 0.1) is 6.54 Å². The Balaban J connectivity index is 1.33. The van der Waals surface area contributed by atoms with Gasteiger partial charge in [-0.3, -0.25) is 4.79 Å². The second-order valence-corrected chi connectivity index (χ2v) is 8.09. The van der Waals surface area contributed by atoms with Crippen LogP contribution in [0.1, 0.15) is 51.4 Å². The average molecular weight is 329 g/mol. The van der Waals surface area contributed by atoms with E-state index >= 15 is 0 Å². The summed E-state index contributed by atoms with van der Waals surface area (Å²) in [5.74, 6) is 2.31. The normalized spacial score (nSPS) is 30.6. The highest BCUT2D eigenvalue weighted by Crippen LogP contribution is 2.43. The van der Waals surface area contributed by atoms with Gasteiger partial charge < -0.3 is 5.32 Å². The van der Waals surface area contributed by atoms with Crippen LogP contribution < -0.4 is 5.32 Å². The van der Waals surface area contributed by atoms with E-state index < -0.39 is 0 Å². The third-order valence-corrected chi connectivity index (χ3v) is 6.32. The molecular formula is C18H27N5O. The minimum absolute atomic E-state index is 0.0201. The van der Waals surface area contributed by atoms with E-state index in [4.69, 9.17) is 0 Å². The number of hydrogen-bond donors (Lipinski definition) is 1. The zero-order chi connectivity index (χ0) is 16.4. The Morgan fingerprint density at radius 3 is 2.75 bits per heavy atom. The Hall–Kier alpha value is -1.72. The molecule has 2 bridgehead atoms. The lowest BCUT2D eigenvalue weighted by Gasteiger charge is -2.36. The summed E-state index contributed by atoms with van der Waals surface area (Å²) in [7, 11) is 0. The highest BCUT2D eigenvalue weighted by atomic mass is 16.1. The van der Waals surface area contributed by atoms with Gasteiger partial charge in [0.25, 0.3) is 0 Å². The first-order valence-corrected chi connectivity index (χ1v) is 9.38. The Bertz CT molecular complexity index is 591. The lowest BCUT2D eigenvalue weighted by Crippen LogP contribution is -2.38. The van der Waals surface area contributed by atoms with Gasteiger partial charge in [-0.15, -0.1) is 5.10 Å². The topological polar surface area (TPSA) is 72.7 Å². The van der Waals surface area contributed by atoms with Crippen LogP contribution in [0.15, 0.2) is 18.5 Å². The van der Waals surface area contributed by atoms with Crippen molar-refractivity contribution in [1.29, 1.82) is 0 Å². The first kappa shape index (κ1) is 15.8. The standard InChI is InChI=1S/C18H27N5O/c24-17(19-11-16-9-14-4-5-15(16)8-14)10-18(6-2-1-3-7-18)12-23-13-20-21-22-23/h4-5,13-16H,1-3,6-12H2,(H,19,24)/t14-,15-,16-/m0/s1. The summed E-state index contributed by atoms with van der Waals surface area (Å²) in [6, 6.07) is 0. The van der Waals surface area contributed by atoms with E-state index in [9.17, 15) is 4.79 Å². The van der Waals surface area contributed by atoms with Gasteiger partial charge in [0.2, 0.25) is 5.91 Å². The van der Waals surface area contributed by atoms with Crippen molar-refractivity contribution in [3.8, 4) is 0 Å². The second-order valence-electron chi connectivity index (χ2n) is 8.09. The number of fused-ring (bicyclic) bond motifs is 2. The van der Waals surface area contributed by atoms with Gasteiger partial charge in [-0.2, -0.15) is 0 Å². The molecule has 3 atom stereocenters. The third-order valence-electron chi connectivity index (χ3n) is 6.32. The van der Waals surface area contributed by atoms with Gasteiger partial charge in [-0.05, 0) is 59.3 Å². The lowest BCUT2D eigenvalue weighted by atomic mass is 9.71. The van der Waals surface area contributed by atoms with Crippen LogP contribution in [0.25, 0.3) is 0 Å². The molecule has 0 aliphatic heterocycles. The molecule has 0 aromatic carbocycles. The molecular weight excluding hydrogens is 302 g/mol. The highest BCUT2D eigenvalue weighted by molar-refractivity contribution is 5.76. The SMILES string of the molecule is O=C(CC1(Cn2cnnn2)CCCCC1)NC[C@@H]1C[C@H]2C=C[C@H]1C2. The molecule has 3 aliphatic rings. The summed E-state index contributed by atoms with van der Waals surface area (Å²) in [5.41, 5.74) is 0.0201. The van der Waals surface area contributed by atoms with Crippen LogP contribution in [-0.2, 0) is 11.3 Å². The summed E-state index contributed by atoms with van der Waals surface area (Å²) < 4.78 is 1.79. The molecule has 0 unspecified atom stereocenters. The van der Waals surface area contributed by atoms with E-state index in [0.717, 1.165) is 31.8 Å². The van der Waals surface area contributed by atoms with E-state index in [0.29, 0.717) is 18.3 Å². The molecule has 0 saturated heterocycles. The number of amides is 1. The van der Waals surface area contributed by atoms with E-state index in [1.54, 1.807) is 11.0 Å². The Morgan fingerprint density at radius 1 is 1.21 bits per heavy atom. The van der Waals surface area contributed by atoms with E-state index in [2.05, 4.69) is 33.0 Å². The number of aromatic nitrogens is 4. The Labute approximate surface area is 143 Å². The second kappa shape index (κ2) is 6.65. The minimum atomic E-state index is 0.0201. The molecule has 6 nitrogen and oxygen atoms in total. The molecule has 3 aliphatic carbocycles. The predicted molar refractivity (Wildman–Crippen MR) is 89.8 cm³/mol. The number of allylic oxidation sites excluding steroid dienone is 2. The molecule has 1 heterocycles. The maximum Gasteiger partial charge on any atom is 0.220 e. The van der Waals surface area contributed by atoms with Crippen LogP contribution in [0, 0.1) is 23.2 Å². The molecule has 24 heavy (non-hydrogen) atoms. The fourth-order valence-corrected chi connectivity index (χ4v) is 5.07. The molecule has 0 spiro atoms. The van der Waals surface area contributed by atoms with E-state index in [1.807, 2.05) is 0 Å². The zero-order valence-electron chi connectivity index (χ0n) is 14.2. The van der Waals surface area contributed by atoms with Gasteiger partial charge in [0.15, 0.2) is 0 Å². The number of nitrogens with zero attached hydrogens (tertiary/aromatic N) is 4. The van der Waals surface area contributed by atoms with Gasteiger partial charge in [0, 0.05) is 13.0 Å². The van der Waals surface area contributed by atoms with Crippen LogP contribution in [0.5, 0.6) is 0 Å². The predicted octanol–water partition coefficient (Wildman–Crippen LogP) is 2.34. The Morgan fingerprint density at radius 2 is 2.08 bits per heavy atom. The van der Waals surface area contributed by atoms with Gasteiger partial charge in [-0.1, -0.05) is 31.4 Å². The number of tetrazole rings is 1. The van der Waals surface area contributed by atoms with Gasteiger partial charge in [-0.25, -0.2) is 4.68 Å². The monoisotopic (exact) mass is 329 g/mol. The highest BCUT2D eigenvalue weighted by Gasteiger charge is 2.37. The number of carbonyl (C=O) groups excluding carboxylic acids is 1. The van der Waals surface area contributed by atoms with Gasteiger partial charge >= 0.3 is 0 Å². The van der Waals surface area contributed by atoms with E-state index in [-0.39, 0.29) is 11.3 Å². The van der Waals surface area contributed by atoms with Crippen LogP contribution in [0.2, 0.25) is 0 Å². The molecule has 1 aromatic rings. The van der Waals surface area contributed by atoms with Crippen molar-refractivity contribution >= 4 is 5.91 Å². The molecule has 0 radical (unpaired) electrons. The number of nitrogens with one attached hydrogen (secondary N) is 1. The number of rotatable bonds is 6. The summed E-state index contributed by atoms with van der Waals surface area (Å²) in [6.45, 7) is 1.59. The fourth-order valence-electron chi connectivity index (χ4n) is 5.07. The molecule has 2 fully saturated rings. The van der Waals surface area contributed by atoms with Crippen LogP contribution >= 0.6 is 0 Å². The first-order valence-electron chi connectivity index (χ1n) is 9.38. The largest absolute Gasteiger partial charge is 0.356 e. The van der Waals surface area contributed by atoms with Crippen molar-refractivity contribution in [2.24, 2.45) is 23.2 Å². The first-order chi connectivity index (χ1) is 11.7. The lowest BCUT2D eigenvalue weighted by molar-refractivity contribution is -0.124. The molecule has 130 valence electrons. The fraction of sp³-hybridized carbons (Fsp3) is 0.778. The number of carbonyl (C=O) groups is 1. The summed E-state index contributed by atoms with van der Waals surface area (Å²) in [5, 5.41) is 14.7. The van der Waals surface area contributed by atoms with E-state index in [1.165, 1.54) is 32.1 Å². The molecule has 6 heteroatoms. The van der Waals surface area contributed by atoms with Crippen molar-refractivity contribution in [3.63, 3.8) is 0 Å². The molecule has 4 rings (SSSR count). The maximum absolute atomic E-state index is 12.6. The number of hydrogen-bond acceptors (Lipinski definition) is 4. The molecule has 2 saturated carbocycles. The van der Waals surface area contributed by atoms with Crippen molar-refractivity contribution < 1.29 is 4.79 Å². The van der Waals surface area contributed by atoms with Gasteiger partial charge in [0.1, 0.15) is 6.33 Å².